The van der Waals surface area contributed by atoms with Crippen molar-refractivity contribution in [2.45, 2.75) is 31.7 Å². The second-order valence-electron chi connectivity index (χ2n) is 5.85. The van der Waals surface area contributed by atoms with E-state index >= 15 is 0 Å². The number of furan rings is 1. The second kappa shape index (κ2) is 7.64. The molecule has 3 rings (SSSR count). The summed E-state index contributed by atoms with van der Waals surface area (Å²) in [5.41, 5.74) is 0.683. The van der Waals surface area contributed by atoms with Crippen LogP contribution in [0.2, 0.25) is 0 Å². The van der Waals surface area contributed by atoms with Crippen molar-refractivity contribution < 1.29 is 14.0 Å². The molecule has 0 spiro atoms. The predicted octanol–water partition coefficient (Wildman–Crippen LogP) is 3.11. The highest BCUT2D eigenvalue weighted by atomic mass is 16.3. The number of carbonyl (C=O) groups is 2. The van der Waals surface area contributed by atoms with E-state index in [1.807, 2.05) is 6.07 Å². The van der Waals surface area contributed by atoms with E-state index in [1.54, 1.807) is 42.5 Å². The van der Waals surface area contributed by atoms with Gasteiger partial charge < -0.3 is 15.1 Å². The molecule has 124 valence electrons. The van der Waals surface area contributed by atoms with Gasteiger partial charge in [-0.3, -0.25) is 9.59 Å². The largest absolute Gasteiger partial charge is 0.465 e. The fourth-order valence-corrected chi connectivity index (χ4v) is 2.79. The van der Waals surface area contributed by atoms with Crippen LogP contribution in [0, 0.1) is 0 Å². The molecule has 1 saturated carbocycles. The van der Waals surface area contributed by atoms with Gasteiger partial charge in [-0.05, 0) is 37.1 Å². The highest BCUT2D eigenvalue weighted by Gasteiger charge is 2.21. The quantitative estimate of drug-likeness (QED) is 0.830. The number of nitrogens with one attached hydrogen (secondary N) is 2. The van der Waals surface area contributed by atoms with Crippen LogP contribution in [0.25, 0.3) is 6.08 Å². The molecule has 1 fully saturated rings. The summed E-state index contributed by atoms with van der Waals surface area (Å²) in [5.74, 6) is -0.0995. The lowest BCUT2D eigenvalue weighted by Gasteiger charge is -2.15. The van der Waals surface area contributed by atoms with Gasteiger partial charge >= 0.3 is 0 Å². The Morgan fingerprint density at radius 1 is 1.04 bits per heavy atom. The monoisotopic (exact) mass is 324 g/mol. The molecule has 0 aliphatic heterocycles. The molecule has 0 radical (unpaired) electrons. The Labute approximate surface area is 140 Å². The summed E-state index contributed by atoms with van der Waals surface area (Å²) < 4.78 is 5.26. The van der Waals surface area contributed by atoms with E-state index in [4.69, 9.17) is 4.42 Å². The molecule has 2 N–H and O–H groups in total. The van der Waals surface area contributed by atoms with E-state index < -0.39 is 0 Å². The van der Waals surface area contributed by atoms with E-state index in [9.17, 15) is 9.59 Å². The Hall–Kier alpha value is -2.82. The third-order valence-corrected chi connectivity index (χ3v) is 4.05. The predicted molar refractivity (Wildman–Crippen MR) is 91.0 cm³/mol. The topological polar surface area (TPSA) is 71.3 Å². The summed E-state index contributed by atoms with van der Waals surface area (Å²) in [7, 11) is 0. The summed E-state index contributed by atoms with van der Waals surface area (Å²) in [4.78, 5) is 24.9. The van der Waals surface area contributed by atoms with Crippen LogP contribution < -0.4 is 10.6 Å². The number of carbonyl (C=O) groups excluding carboxylic acids is 2. The molecule has 1 aliphatic carbocycles. The van der Waals surface area contributed by atoms with E-state index in [2.05, 4.69) is 10.6 Å². The van der Waals surface area contributed by atoms with Crippen molar-refractivity contribution in [1.82, 2.24) is 10.6 Å². The number of hydrogen-bond acceptors (Lipinski definition) is 3. The van der Waals surface area contributed by atoms with Crippen molar-refractivity contribution in [3.63, 3.8) is 0 Å². The first-order valence-corrected chi connectivity index (χ1v) is 8.15. The molecule has 2 amide bonds. The van der Waals surface area contributed by atoms with Gasteiger partial charge in [0.1, 0.15) is 11.5 Å². The fraction of sp³-hybridized carbons (Fsp3) is 0.263. The first-order chi connectivity index (χ1) is 11.7. The highest BCUT2D eigenvalue weighted by Crippen LogP contribution is 2.18. The lowest BCUT2D eigenvalue weighted by Crippen LogP contribution is -2.39. The fourth-order valence-electron chi connectivity index (χ4n) is 2.79. The maximum Gasteiger partial charge on any atom is 0.268 e. The maximum atomic E-state index is 12.6. The first-order valence-electron chi connectivity index (χ1n) is 8.15. The molecule has 0 atom stereocenters. The molecule has 0 bridgehead atoms. The molecule has 5 nitrogen and oxygen atoms in total. The van der Waals surface area contributed by atoms with Gasteiger partial charge in [0.05, 0.1) is 6.26 Å². The van der Waals surface area contributed by atoms with Crippen LogP contribution in [0.5, 0.6) is 0 Å². The molecule has 2 aromatic rings. The summed E-state index contributed by atoms with van der Waals surface area (Å²) in [6, 6.07) is 12.4. The Bertz CT molecular complexity index is 714. The van der Waals surface area contributed by atoms with E-state index in [0.29, 0.717) is 11.3 Å². The van der Waals surface area contributed by atoms with E-state index in [-0.39, 0.29) is 23.6 Å². The standard InChI is InChI=1S/C19H20N2O3/c22-18(14-7-2-1-3-8-14)21-17(13-16-11-6-12-24-16)19(23)20-15-9-4-5-10-15/h1-3,6-8,11-13,15H,4-5,9-10H2,(H,20,23)(H,21,22). The molecular formula is C19H20N2O3. The zero-order valence-electron chi connectivity index (χ0n) is 13.3. The van der Waals surface area contributed by atoms with Crippen LogP contribution >= 0.6 is 0 Å². The minimum absolute atomic E-state index is 0.172. The summed E-state index contributed by atoms with van der Waals surface area (Å²) >= 11 is 0. The van der Waals surface area contributed by atoms with Crippen LogP contribution in [0.1, 0.15) is 41.8 Å². The van der Waals surface area contributed by atoms with E-state index in [1.165, 1.54) is 6.26 Å². The highest BCUT2D eigenvalue weighted by molar-refractivity contribution is 6.05. The van der Waals surface area contributed by atoms with Gasteiger partial charge in [-0.1, -0.05) is 31.0 Å². The van der Waals surface area contributed by atoms with Crippen molar-refractivity contribution in [2.24, 2.45) is 0 Å². The van der Waals surface area contributed by atoms with Gasteiger partial charge in [-0.15, -0.1) is 0 Å². The van der Waals surface area contributed by atoms with Crippen LogP contribution in [0.4, 0.5) is 0 Å². The molecule has 1 aromatic carbocycles. The average molecular weight is 324 g/mol. The molecule has 1 heterocycles. The molecule has 0 unspecified atom stereocenters. The molecule has 5 heteroatoms. The van der Waals surface area contributed by atoms with Gasteiger partial charge in [-0.2, -0.15) is 0 Å². The van der Waals surface area contributed by atoms with Crippen LogP contribution in [-0.4, -0.2) is 17.9 Å². The van der Waals surface area contributed by atoms with Gasteiger partial charge in [0.2, 0.25) is 0 Å². The lowest BCUT2D eigenvalue weighted by atomic mass is 10.2. The van der Waals surface area contributed by atoms with E-state index in [0.717, 1.165) is 25.7 Å². The Morgan fingerprint density at radius 2 is 1.79 bits per heavy atom. The molecule has 1 aromatic heterocycles. The van der Waals surface area contributed by atoms with Crippen LogP contribution in [-0.2, 0) is 4.79 Å². The Morgan fingerprint density at radius 3 is 2.46 bits per heavy atom. The van der Waals surface area contributed by atoms with Crippen LogP contribution in [0.3, 0.4) is 0 Å². The number of benzene rings is 1. The Balaban J connectivity index is 1.77. The molecule has 1 aliphatic rings. The van der Waals surface area contributed by atoms with Gasteiger partial charge in [0, 0.05) is 17.7 Å². The van der Waals surface area contributed by atoms with Gasteiger partial charge in [0.25, 0.3) is 11.8 Å². The summed E-state index contributed by atoms with van der Waals surface area (Å²) in [6.45, 7) is 0. The molecular weight excluding hydrogens is 304 g/mol. The minimum Gasteiger partial charge on any atom is -0.465 e. The van der Waals surface area contributed by atoms with Crippen molar-refractivity contribution in [1.29, 1.82) is 0 Å². The van der Waals surface area contributed by atoms with Crippen LogP contribution in [0.15, 0.2) is 58.8 Å². The second-order valence-corrected chi connectivity index (χ2v) is 5.85. The third kappa shape index (κ3) is 4.13. The average Bonchev–Trinajstić information content (AvgIpc) is 3.29. The molecule has 24 heavy (non-hydrogen) atoms. The van der Waals surface area contributed by atoms with Crippen molar-refractivity contribution >= 4 is 17.9 Å². The minimum atomic E-state index is -0.324. The van der Waals surface area contributed by atoms with Gasteiger partial charge in [0.15, 0.2) is 0 Å². The number of amides is 2. The van der Waals surface area contributed by atoms with Crippen molar-refractivity contribution in [2.75, 3.05) is 0 Å². The summed E-state index contributed by atoms with van der Waals surface area (Å²) in [6.07, 6.45) is 7.28. The SMILES string of the molecule is O=C(NC1CCCC1)C(=Cc1ccco1)NC(=O)c1ccccc1. The maximum absolute atomic E-state index is 12.6. The third-order valence-electron chi connectivity index (χ3n) is 4.05. The number of rotatable bonds is 5. The normalized spacial score (nSPS) is 15.2. The smallest absolute Gasteiger partial charge is 0.268 e. The number of hydrogen-bond donors (Lipinski definition) is 2. The first kappa shape index (κ1) is 16.1. The van der Waals surface area contributed by atoms with Crippen molar-refractivity contribution in [3.8, 4) is 0 Å². The lowest BCUT2D eigenvalue weighted by molar-refractivity contribution is -0.118. The zero-order valence-corrected chi connectivity index (χ0v) is 13.3. The summed E-state index contributed by atoms with van der Waals surface area (Å²) in [5, 5.41) is 5.68. The van der Waals surface area contributed by atoms with Crippen molar-refractivity contribution in [3.05, 3.63) is 65.7 Å². The zero-order chi connectivity index (χ0) is 16.8. The van der Waals surface area contributed by atoms with Gasteiger partial charge in [-0.25, -0.2) is 0 Å². The Kier molecular flexibility index (Phi) is 5.11. The molecule has 0 saturated heterocycles.